The quantitative estimate of drug-likeness (QED) is 0.345. The number of nitrogens with one attached hydrogen (secondary N) is 1. The van der Waals surface area contributed by atoms with Crippen molar-refractivity contribution in [3.63, 3.8) is 0 Å². The fourth-order valence-electron chi connectivity index (χ4n) is 4.84. The van der Waals surface area contributed by atoms with Crippen LogP contribution in [-0.4, -0.2) is 59.6 Å². The third kappa shape index (κ3) is 5.74. The van der Waals surface area contributed by atoms with Crippen molar-refractivity contribution in [2.75, 3.05) is 18.5 Å². The maximum absolute atomic E-state index is 13.6. The predicted octanol–water partition coefficient (Wildman–Crippen LogP) is 2.28. The molecular formula is C23H27N5O6S3. The van der Waals surface area contributed by atoms with Gasteiger partial charge in [0.25, 0.3) is 0 Å². The maximum atomic E-state index is 13.6. The Kier molecular flexibility index (Phi) is 7.42. The molecule has 1 saturated carbocycles. The average Bonchev–Trinajstić information content (AvgIpc) is 3.52. The zero-order valence-corrected chi connectivity index (χ0v) is 22.7. The number of aliphatic hydroxyl groups excluding tert-OH is 1. The molecule has 1 aliphatic heterocycles. The largest absolute Gasteiger partial charge is 0.393 e. The molecule has 0 saturated heterocycles. The number of aryl methyl sites for hydroxylation is 2. The minimum Gasteiger partial charge on any atom is -0.393 e. The zero-order valence-electron chi connectivity index (χ0n) is 20.2. The van der Waals surface area contributed by atoms with E-state index in [1.165, 1.54) is 23.9 Å². The highest BCUT2D eigenvalue weighted by molar-refractivity contribution is 7.84. The molecule has 14 heteroatoms. The number of nitrogens with zero attached hydrogens (tertiary/aromatic N) is 3. The first-order valence-electron chi connectivity index (χ1n) is 11.7. The number of aliphatic hydroxyl groups is 1. The van der Waals surface area contributed by atoms with Crippen LogP contribution in [0.4, 0.5) is 5.82 Å². The minimum atomic E-state index is -4.09. The van der Waals surface area contributed by atoms with Crippen LogP contribution in [0, 0.1) is 19.8 Å². The molecule has 3 aromatic heterocycles. The lowest BCUT2D eigenvalue weighted by Crippen LogP contribution is -2.24. The van der Waals surface area contributed by atoms with Gasteiger partial charge in [0.2, 0.25) is 5.78 Å². The molecule has 0 aromatic carbocycles. The zero-order chi connectivity index (χ0) is 26.3. The van der Waals surface area contributed by atoms with Gasteiger partial charge in [-0.15, -0.1) is 22.7 Å². The number of ketones is 1. The van der Waals surface area contributed by atoms with Gasteiger partial charge >= 0.3 is 10.3 Å². The molecule has 0 unspecified atom stereocenters. The number of rotatable bonds is 8. The highest BCUT2D eigenvalue weighted by atomic mass is 32.2. The summed E-state index contributed by atoms with van der Waals surface area (Å²) in [6, 6.07) is 1.64. The number of thiophene rings is 1. The second kappa shape index (κ2) is 10.4. The van der Waals surface area contributed by atoms with Crippen molar-refractivity contribution >= 4 is 44.6 Å². The van der Waals surface area contributed by atoms with Gasteiger partial charge in [-0.2, -0.15) is 8.42 Å². The van der Waals surface area contributed by atoms with Crippen molar-refractivity contribution in [2.24, 2.45) is 11.1 Å². The summed E-state index contributed by atoms with van der Waals surface area (Å²) in [7, 11) is -4.09. The van der Waals surface area contributed by atoms with Crippen LogP contribution in [0.15, 0.2) is 18.6 Å². The first-order valence-corrected chi connectivity index (χ1v) is 14.8. The number of carbonyl (C=O) groups is 1. The smallest absolute Gasteiger partial charge is 0.333 e. The highest BCUT2D eigenvalue weighted by Crippen LogP contribution is 2.41. The summed E-state index contributed by atoms with van der Waals surface area (Å²) in [4.78, 5) is 29.2. The predicted molar refractivity (Wildman–Crippen MR) is 138 cm³/mol. The van der Waals surface area contributed by atoms with Gasteiger partial charge in [-0.1, -0.05) is 0 Å². The van der Waals surface area contributed by atoms with Crippen LogP contribution in [0.5, 0.6) is 0 Å². The molecule has 37 heavy (non-hydrogen) atoms. The first kappa shape index (κ1) is 26.3. The van der Waals surface area contributed by atoms with E-state index in [-0.39, 0.29) is 24.5 Å². The van der Waals surface area contributed by atoms with Crippen molar-refractivity contribution in [2.45, 2.75) is 51.4 Å². The van der Waals surface area contributed by atoms with E-state index in [0.717, 1.165) is 32.4 Å². The fourth-order valence-corrected chi connectivity index (χ4v) is 7.25. The number of hydrogen-bond acceptors (Lipinski definition) is 12. The molecule has 1 aliphatic carbocycles. The van der Waals surface area contributed by atoms with E-state index in [1.54, 1.807) is 11.3 Å². The SMILES string of the molecule is Cc1nc2c(s1)[C@@H](c1cc(C(=O)c3cncnc3N[C@@H]3C[C@H](COS(N)(=O)=O)[C@@H](O)C3)sc1C)OCC2. The minimum absolute atomic E-state index is 0.213. The van der Waals surface area contributed by atoms with Gasteiger partial charge in [-0.05, 0) is 32.8 Å². The third-order valence-electron chi connectivity index (χ3n) is 6.56. The second-order valence-electron chi connectivity index (χ2n) is 9.20. The van der Waals surface area contributed by atoms with Crippen molar-refractivity contribution in [3.8, 4) is 0 Å². The molecule has 0 radical (unpaired) electrons. The van der Waals surface area contributed by atoms with Gasteiger partial charge in [0, 0.05) is 35.0 Å². The average molecular weight is 566 g/mol. The molecule has 5 rings (SSSR count). The summed E-state index contributed by atoms with van der Waals surface area (Å²) >= 11 is 3.02. The molecule has 0 bridgehead atoms. The van der Waals surface area contributed by atoms with Gasteiger partial charge < -0.3 is 15.2 Å². The lowest BCUT2D eigenvalue weighted by molar-refractivity contribution is 0.0716. The Morgan fingerprint density at radius 2 is 2.14 bits per heavy atom. The van der Waals surface area contributed by atoms with Gasteiger partial charge in [-0.25, -0.2) is 20.1 Å². The number of thiazole rings is 1. The number of ether oxygens (including phenoxy) is 1. The van der Waals surface area contributed by atoms with Crippen molar-refractivity contribution in [1.29, 1.82) is 0 Å². The maximum Gasteiger partial charge on any atom is 0.333 e. The van der Waals surface area contributed by atoms with Crippen LogP contribution in [0.2, 0.25) is 0 Å². The molecule has 4 atom stereocenters. The van der Waals surface area contributed by atoms with E-state index in [9.17, 15) is 18.3 Å². The molecule has 4 heterocycles. The topological polar surface area (TPSA) is 167 Å². The molecule has 3 aromatic rings. The van der Waals surface area contributed by atoms with E-state index in [2.05, 4.69) is 24.5 Å². The monoisotopic (exact) mass is 565 g/mol. The molecule has 4 N–H and O–H groups in total. The standard InChI is InChI=1S/C23H27N5O6S3/c1-11-15(21-22-17(3-4-33-21)27-12(2)36-22)7-19(35-11)20(30)16-8-25-10-26-23(16)28-14-5-13(18(29)6-14)9-34-37(24,31)32/h7-8,10,13-14,18,21,29H,3-6,9H2,1-2H3,(H2,24,31,32)(H,25,26,28)/t13-,14-,18+,21-/m1/s1. The molecule has 0 amide bonds. The van der Waals surface area contributed by atoms with Crippen LogP contribution >= 0.6 is 22.7 Å². The third-order valence-corrected chi connectivity index (χ3v) is 9.15. The highest BCUT2D eigenvalue weighted by Gasteiger charge is 2.35. The van der Waals surface area contributed by atoms with Crippen molar-refractivity contribution in [1.82, 2.24) is 15.0 Å². The summed E-state index contributed by atoms with van der Waals surface area (Å²) in [5.74, 6) is -0.284. The molecule has 2 aliphatic rings. The summed E-state index contributed by atoms with van der Waals surface area (Å²) in [6.07, 6.45) is 3.35. The van der Waals surface area contributed by atoms with Gasteiger partial charge in [0.1, 0.15) is 18.2 Å². The Labute approximate surface area is 222 Å². The number of fused-ring (bicyclic) bond motifs is 1. The van der Waals surface area contributed by atoms with Gasteiger partial charge in [0.15, 0.2) is 0 Å². The number of aromatic nitrogens is 3. The van der Waals surface area contributed by atoms with Crippen LogP contribution in [-0.2, 0) is 25.6 Å². The Bertz CT molecular complexity index is 1420. The molecule has 1 fully saturated rings. The molecule has 11 nitrogen and oxygen atoms in total. The van der Waals surface area contributed by atoms with Gasteiger partial charge in [-0.3, -0.25) is 8.98 Å². The number of anilines is 1. The van der Waals surface area contributed by atoms with Crippen molar-refractivity contribution in [3.05, 3.63) is 55.1 Å². The van der Waals surface area contributed by atoms with E-state index in [0.29, 0.717) is 35.7 Å². The Balaban J connectivity index is 1.34. The molecule has 0 spiro atoms. The Hall–Kier alpha value is -2.33. The van der Waals surface area contributed by atoms with E-state index in [1.807, 2.05) is 19.9 Å². The Morgan fingerprint density at radius 1 is 1.32 bits per heavy atom. The molecule has 198 valence electrons. The van der Waals surface area contributed by atoms with Gasteiger partial charge in [0.05, 0.1) is 45.3 Å². The van der Waals surface area contributed by atoms with Crippen LogP contribution < -0.4 is 10.5 Å². The number of hydrogen-bond donors (Lipinski definition) is 3. The lowest BCUT2D eigenvalue weighted by atomic mass is 10.0. The summed E-state index contributed by atoms with van der Waals surface area (Å²) in [5, 5.41) is 19.5. The van der Waals surface area contributed by atoms with Crippen LogP contribution in [0.3, 0.4) is 0 Å². The molecular weight excluding hydrogens is 538 g/mol. The number of carbonyl (C=O) groups excluding carboxylic acids is 1. The lowest BCUT2D eigenvalue weighted by Gasteiger charge is -2.22. The van der Waals surface area contributed by atoms with E-state index < -0.39 is 22.3 Å². The normalized spacial score (nSPS) is 23.7. The summed E-state index contributed by atoms with van der Waals surface area (Å²) in [6.45, 7) is 4.33. The van der Waals surface area contributed by atoms with E-state index in [4.69, 9.17) is 9.88 Å². The van der Waals surface area contributed by atoms with Crippen LogP contribution in [0.25, 0.3) is 0 Å². The number of nitrogens with two attached hydrogens (primary N) is 1. The first-order chi connectivity index (χ1) is 17.6. The summed E-state index contributed by atoms with van der Waals surface area (Å²) < 4.78 is 33.0. The fraction of sp³-hybridized carbons (Fsp3) is 0.478. The second-order valence-corrected chi connectivity index (χ2v) is 12.9. The summed E-state index contributed by atoms with van der Waals surface area (Å²) in [5.41, 5.74) is 2.33. The Morgan fingerprint density at radius 3 is 2.92 bits per heavy atom. The van der Waals surface area contributed by atoms with Crippen molar-refractivity contribution < 1.29 is 27.2 Å². The van der Waals surface area contributed by atoms with Crippen LogP contribution in [0.1, 0.15) is 60.2 Å². The van der Waals surface area contributed by atoms with E-state index >= 15 is 0 Å².